The summed E-state index contributed by atoms with van der Waals surface area (Å²) in [5.41, 5.74) is 5.18. The monoisotopic (exact) mass is 356 g/mol. The van der Waals surface area contributed by atoms with Gasteiger partial charge in [-0.05, 0) is 18.2 Å². The van der Waals surface area contributed by atoms with Crippen molar-refractivity contribution in [2.45, 2.75) is 0 Å². The van der Waals surface area contributed by atoms with Crippen LogP contribution in [-0.2, 0) is 0 Å². The molecular weight excluding hydrogens is 348 g/mol. The molecule has 3 heterocycles. The predicted octanol–water partition coefficient (Wildman–Crippen LogP) is 1.21. The molecule has 0 saturated heterocycles. The van der Waals surface area contributed by atoms with Gasteiger partial charge in [-0.3, -0.25) is 29.3 Å². The van der Waals surface area contributed by atoms with E-state index >= 15 is 0 Å². The van der Waals surface area contributed by atoms with Gasteiger partial charge in [-0.15, -0.1) is 0 Å². The number of nitrogens with zero attached hydrogens (tertiary/aromatic N) is 2. The topological polar surface area (TPSA) is 127 Å². The molecule has 1 aliphatic heterocycles. The summed E-state index contributed by atoms with van der Waals surface area (Å²) in [6.07, 6.45) is 1.46. The molecular formula is C16H9ClN4O4. The van der Waals surface area contributed by atoms with Crippen molar-refractivity contribution in [3.8, 4) is 11.4 Å². The summed E-state index contributed by atoms with van der Waals surface area (Å²) < 4.78 is 0.923. The Labute approximate surface area is 144 Å². The Morgan fingerprint density at radius 2 is 1.96 bits per heavy atom. The number of benzene rings is 1. The van der Waals surface area contributed by atoms with Crippen LogP contribution in [0.4, 0.5) is 5.82 Å². The zero-order valence-electron chi connectivity index (χ0n) is 12.4. The molecule has 4 N–H and O–H groups in total. The highest BCUT2D eigenvalue weighted by Gasteiger charge is 2.32. The summed E-state index contributed by atoms with van der Waals surface area (Å²) in [5, 5.41) is 13.3. The van der Waals surface area contributed by atoms with Crippen LogP contribution in [0.2, 0.25) is 5.02 Å². The molecule has 0 saturated carbocycles. The minimum absolute atomic E-state index is 0.0337. The molecule has 1 aliphatic rings. The number of fused-ring (bicyclic) bond motifs is 2. The largest absolute Gasteiger partial charge is 0.504 e. The van der Waals surface area contributed by atoms with Crippen molar-refractivity contribution in [1.29, 1.82) is 0 Å². The fourth-order valence-electron chi connectivity index (χ4n) is 2.87. The van der Waals surface area contributed by atoms with Gasteiger partial charge in [-0.2, -0.15) is 0 Å². The number of halogens is 1. The predicted molar refractivity (Wildman–Crippen MR) is 90.2 cm³/mol. The van der Waals surface area contributed by atoms with E-state index in [0.717, 1.165) is 10.6 Å². The van der Waals surface area contributed by atoms with Gasteiger partial charge in [0, 0.05) is 17.6 Å². The zero-order valence-corrected chi connectivity index (χ0v) is 13.2. The Morgan fingerprint density at radius 3 is 2.72 bits per heavy atom. The van der Waals surface area contributed by atoms with E-state index in [1.165, 1.54) is 12.3 Å². The number of carbonyl (C=O) groups excluding carboxylic acids is 2. The number of aromatic hydroxyl groups is 1. The van der Waals surface area contributed by atoms with Crippen molar-refractivity contribution in [2.24, 2.45) is 0 Å². The number of amides is 2. The molecule has 124 valence electrons. The second-order valence-corrected chi connectivity index (χ2v) is 5.81. The summed E-state index contributed by atoms with van der Waals surface area (Å²) in [4.78, 5) is 40.2. The average Bonchev–Trinajstić information content (AvgIpc) is 2.86. The lowest BCUT2D eigenvalue weighted by molar-refractivity contribution is 0.0880. The van der Waals surface area contributed by atoms with Gasteiger partial charge < -0.3 is 10.8 Å². The first-order valence-electron chi connectivity index (χ1n) is 7.08. The Balaban J connectivity index is 2.11. The number of aromatic nitrogens is 2. The molecule has 0 bridgehead atoms. The molecule has 1 aromatic carbocycles. The van der Waals surface area contributed by atoms with E-state index in [9.17, 15) is 19.5 Å². The summed E-state index contributed by atoms with van der Waals surface area (Å²) in [6, 6.07) is 5.65. The van der Waals surface area contributed by atoms with Crippen LogP contribution in [-0.4, -0.2) is 26.5 Å². The van der Waals surface area contributed by atoms with E-state index in [-0.39, 0.29) is 38.9 Å². The van der Waals surface area contributed by atoms with E-state index in [0.29, 0.717) is 5.39 Å². The summed E-state index contributed by atoms with van der Waals surface area (Å²) in [5.74, 6) is -2.00. The van der Waals surface area contributed by atoms with Crippen LogP contribution in [0.15, 0.2) is 35.3 Å². The van der Waals surface area contributed by atoms with Crippen LogP contribution >= 0.6 is 11.6 Å². The normalized spacial score (nSPS) is 13.2. The molecule has 8 nitrogen and oxygen atoms in total. The molecule has 0 fully saturated rings. The molecule has 2 aromatic heterocycles. The first-order valence-corrected chi connectivity index (χ1v) is 7.45. The Hall–Kier alpha value is -3.39. The fraction of sp³-hybridized carbons (Fsp3) is 0. The number of carbonyl (C=O) groups is 2. The van der Waals surface area contributed by atoms with Crippen LogP contribution in [0.3, 0.4) is 0 Å². The van der Waals surface area contributed by atoms with Crippen molar-refractivity contribution >= 4 is 40.1 Å². The van der Waals surface area contributed by atoms with Crippen LogP contribution in [0.5, 0.6) is 5.75 Å². The van der Waals surface area contributed by atoms with Gasteiger partial charge in [0.05, 0.1) is 21.8 Å². The van der Waals surface area contributed by atoms with Gasteiger partial charge in [0.15, 0.2) is 5.75 Å². The number of anilines is 1. The number of rotatable bonds is 1. The SMILES string of the molecule is Nc1c2c(cc(=O)n1-c1cc(Cl)c3cccnc3c1O)C(=O)NC2=O. The van der Waals surface area contributed by atoms with Gasteiger partial charge in [0.2, 0.25) is 0 Å². The minimum atomic E-state index is -0.712. The molecule has 25 heavy (non-hydrogen) atoms. The number of phenolic OH excluding ortho intramolecular Hbond substituents is 1. The zero-order chi connectivity index (χ0) is 17.9. The van der Waals surface area contributed by atoms with Gasteiger partial charge in [-0.25, -0.2) is 0 Å². The van der Waals surface area contributed by atoms with Crippen molar-refractivity contribution in [2.75, 3.05) is 5.73 Å². The highest BCUT2D eigenvalue weighted by atomic mass is 35.5. The second kappa shape index (κ2) is 5.05. The fourth-order valence-corrected chi connectivity index (χ4v) is 3.13. The van der Waals surface area contributed by atoms with E-state index in [4.69, 9.17) is 17.3 Å². The molecule has 9 heteroatoms. The summed E-state index contributed by atoms with van der Waals surface area (Å²) in [6.45, 7) is 0. The quantitative estimate of drug-likeness (QED) is 0.562. The smallest absolute Gasteiger partial charge is 0.262 e. The van der Waals surface area contributed by atoms with Crippen molar-refractivity contribution in [3.05, 3.63) is 57.0 Å². The Morgan fingerprint density at radius 1 is 1.20 bits per heavy atom. The maximum absolute atomic E-state index is 12.5. The van der Waals surface area contributed by atoms with E-state index in [2.05, 4.69) is 10.3 Å². The van der Waals surface area contributed by atoms with Crippen molar-refractivity contribution < 1.29 is 14.7 Å². The first kappa shape index (κ1) is 15.2. The molecule has 0 aliphatic carbocycles. The second-order valence-electron chi connectivity index (χ2n) is 5.40. The van der Waals surface area contributed by atoms with Gasteiger partial charge in [-0.1, -0.05) is 11.6 Å². The molecule has 2 amide bonds. The van der Waals surface area contributed by atoms with Crippen molar-refractivity contribution in [1.82, 2.24) is 14.9 Å². The third kappa shape index (κ3) is 2.01. The Kier molecular flexibility index (Phi) is 3.06. The number of phenols is 1. The number of nitrogen functional groups attached to an aromatic ring is 1. The third-order valence-electron chi connectivity index (χ3n) is 3.99. The number of pyridine rings is 2. The number of hydrogen-bond acceptors (Lipinski definition) is 6. The maximum atomic E-state index is 12.5. The lowest BCUT2D eigenvalue weighted by Crippen LogP contribution is -2.24. The summed E-state index contributed by atoms with van der Waals surface area (Å²) >= 11 is 6.22. The lowest BCUT2D eigenvalue weighted by Gasteiger charge is -2.15. The van der Waals surface area contributed by atoms with Gasteiger partial charge in [0.1, 0.15) is 11.3 Å². The number of hydrogen-bond donors (Lipinski definition) is 3. The van der Waals surface area contributed by atoms with Crippen LogP contribution < -0.4 is 16.6 Å². The molecule has 0 radical (unpaired) electrons. The van der Waals surface area contributed by atoms with Crippen molar-refractivity contribution in [3.63, 3.8) is 0 Å². The van der Waals surface area contributed by atoms with Crippen LogP contribution in [0.25, 0.3) is 16.6 Å². The first-order chi connectivity index (χ1) is 11.9. The highest BCUT2D eigenvalue weighted by Crippen LogP contribution is 2.36. The highest BCUT2D eigenvalue weighted by molar-refractivity contribution is 6.36. The minimum Gasteiger partial charge on any atom is -0.504 e. The molecule has 3 aromatic rings. The molecule has 0 unspecified atom stereocenters. The van der Waals surface area contributed by atoms with E-state index in [1.807, 2.05) is 0 Å². The number of nitrogens with two attached hydrogens (primary N) is 1. The standard InChI is InChI=1S/C16H9ClN4O4/c17-8-5-9(13(23)12-6(8)2-1-3-19-12)21-10(22)4-7-11(14(21)18)16(25)20-15(7)24/h1-5,23H,18H2,(H,20,24,25). The number of imide groups is 1. The molecule has 0 spiro atoms. The average molecular weight is 357 g/mol. The van der Waals surface area contributed by atoms with Crippen LogP contribution in [0, 0.1) is 0 Å². The molecule has 0 atom stereocenters. The lowest BCUT2D eigenvalue weighted by atomic mass is 10.1. The van der Waals surface area contributed by atoms with Gasteiger partial charge >= 0.3 is 0 Å². The summed E-state index contributed by atoms with van der Waals surface area (Å²) in [7, 11) is 0. The van der Waals surface area contributed by atoms with Crippen LogP contribution in [0.1, 0.15) is 20.7 Å². The van der Waals surface area contributed by atoms with E-state index in [1.54, 1.807) is 12.1 Å². The molecule has 4 rings (SSSR count). The third-order valence-corrected chi connectivity index (χ3v) is 4.30. The van der Waals surface area contributed by atoms with Gasteiger partial charge in [0.25, 0.3) is 17.4 Å². The maximum Gasteiger partial charge on any atom is 0.262 e. The Bertz CT molecular complexity index is 1170. The van der Waals surface area contributed by atoms with E-state index < -0.39 is 17.4 Å². The number of nitrogens with one attached hydrogen (secondary N) is 1.